The van der Waals surface area contributed by atoms with Crippen LogP contribution >= 0.6 is 0 Å². The number of halogens is 1. The van der Waals surface area contributed by atoms with Gasteiger partial charge in [0.05, 0.1) is 0 Å². The summed E-state index contributed by atoms with van der Waals surface area (Å²) in [4.78, 5) is 6.46. The van der Waals surface area contributed by atoms with Crippen LogP contribution in [0.1, 0.15) is 0 Å². The molecule has 54 heavy (non-hydrogen) atoms. The number of fused-ring (bicyclic) bond motifs is 4. The van der Waals surface area contributed by atoms with Crippen molar-refractivity contribution in [1.29, 1.82) is 0 Å². The molecule has 10 aromatic rings. The van der Waals surface area contributed by atoms with Crippen molar-refractivity contribution in [2.24, 2.45) is 0 Å². The second-order valence-electron chi connectivity index (χ2n) is 13.7. The average Bonchev–Trinajstić information content (AvgIpc) is 3.24. The first-order chi connectivity index (χ1) is 26.7. The van der Waals surface area contributed by atoms with Crippen LogP contribution < -0.4 is 4.90 Å². The summed E-state index contributed by atoms with van der Waals surface area (Å²) in [5.41, 5.74) is 9.92. The van der Waals surface area contributed by atoms with Crippen molar-refractivity contribution in [3.05, 3.63) is 206 Å². The molecule has 2 nitrogen and oxygen atoms in total. The molecule has 0 amide bonds. The van der Waals surface area contributed by atoms with E-state index >= 15 is 0 Å². The Morgan fingerprint density at radius 3 is 1.61 bits per heavy atom. The zero-order valence-corrected chi connectivity index (χ0v) is 29.3. The van der Waals surface area contributed by atoms with Crippen LogP contribution in [0.2, 0.25) is 0 Å². The van der Waals surface area contributed by atoms with Crippen molar-refractivity contribution < 1.29 is 4.39 Å². The lowest BCUT2D eigenvalue weighted by Crippen LogP contribution is -2.09. The Morgan fingerprint density at radius 2 is 0.926 bits per heavy atom. The Labute approximate surface area is 313 Å². The van der Waals surface area contributed by atoms with E-state index in [1.54, 1.807) is 6.20 Å². The second-order valence-corrected chi connectivity index (χ2v) is 13.7. The first-order valence-corrected chi connectivity index (χ1v) is 18.2. The maximum absolute atomic E-state index is 14.1. The molecule has 0 N–H and O–H groups in total. The van der Waals surface area contributed by atoms with Gasteiger partial charge in [-0.25, -0.2) is 4.39 Å². The Balaban J connectivity index is 1.11. The SMILES string of the molecule is Fc1ccc(N(c2ccc(-c3cccnc3)cc2)c2ccc3cc(-c4c5ccccc5c(-c5cccc6ccccc56)c5ccccc45)ccc3c2)cc1. The van der Waals surface area contributed by atoms with Gasteiger partial charge in [-0.3, -0.25) is 4.98 Å². The van der Waals surface area contributed by atoms with Gasteiger partial charge in [-0.05, 0) is 137 Å². The minimum Gasteiger partial charge on any atom is -0.310 e. The summed E-state index contributed by atoms with van der Waals surface area (Å²) in [7, 11) is 0. The molecule has 0 aliphatic heterocycles. The molecule has 0 saturated heterocycles. The predicted octanol–water partition coefficient (Wildman–Crippen LogP) is 14.3. The second kappa shape index (κ2) is 13.1. The topological polar surface area (TPSA) is 16.1 Å². The summed E-state index contributed by atoms with van der Waals surface area (Å²) in [5.74, 6) is -0.262. The van der Waals surface area contributed by atoms with Crippen molar-refractivity contribution in [3.8, 4) is 33.4 Å². The highest BCUT2D eigenvalue weighted by atomic mass is 19.1. The van der Waals surface area contributed by atoms with Crippen molar-refractivity contribution in [2.45, 2.75) is 0 Å². The molecule has 0 atom stereocenters. The first-order valence-electron chi connectivity index (χ1n) is 18.2. The lowest BCUT2D eigenvalue weighted by atomic mass is 9.84. The molecule has 0 aliphatic carbocycles. The molecular formula is C51H33FN2. The number of nitrogens with zero attached hydrogens (tertiary/aromatic N) is 2. The number of hydrogen-bond donors (Lipinski definition) is 0. The van der Waals surface area contributed by atoms with Crippen LogP contribution in [0.4, 0.5) is 21.5 Å². The van der Waals surface area contributed by atoms with E-state index in [1.807, 2.05) is 24.4 Å². The van der Waals surface area contributed by atoms with Gasteiger partial charge in [0, 0.05) is 29.5 Å². The molecule has 0 radical (unpaired) electrons. The summed E-state index contributed by atoms with van der Waals surface area (Å²) in [6.07, 6.45) is 3.65. The predicted molar refractivity (Wildman–Crippen MR) is 225 cm³/mol. The first kappa shape index (κ1) is 31.6. The molecule has 254 valence electrons. The van der Waals surface area contributed by atoms with Gasteiger partial charge in [-0.1, -0.05) is 127 Å². The number of hydrogen-bond acceptors (Lipinski definition) is 2. The third-order valence-corrected chi connectivity index (χ3v) is 10.6. The Bertz CT molecular complexity index is 2930. The number of aromatic nitrogens is 1. The van der Waals surface area contributed by atoms with E-state index in [0.717, 1.165) is 39.0 Å². The molecular weight excluding hydrogens is 660 g/mol. The van der Waals surface area contributed by atoms with Crippen LogP contribution in [0.15, 0.2) is 200 Å². The fourth-order valence-corrected chi connectivity index (χ4v) is 8.07. The molecule has 1 heterocycles. The molecule has 1 aromatic heterocycles. The maximum atomic E-state index is 14.1. The van der Waals surface area contributed by atoms with E-state index in [2.05, 4.69) is 168 Å². The molecule has 0 spiro atoms. The molecule has 10 rings (SSSR count). The summed E-state index contributed by atoms with van der Waals surface area (Å²) >= 11 is 0. The number of pyridine rings is 1. The highest BCUT2D eigenvalue weighted by molar-refractivity contribution is 6.23. The van der Waals surface area contributed by atoms with E-state index in [4.69, 9.17) is 0 Å². The third kappa shape index (κ3) is 5.46. The number of rotatable bonds is 6. The van der Waals surface area contributed by atoms with E-state index in [9.17, 15) is 4.39 Å². The molecule has 9 aromatic carbocycles. The van der Waals surface area contributed by atoms with Gasteiger partial charge in [0.2, 0.25) is 0 Å². The zero-order valence-electron chi connectivity index (χ0n) is 29.3. The van der Waals surface area contributed by atoms with Gasteiger partial charge in [0.1, 0.15) is 5.82 Å². The molecule has 0 unspecified atom stereocenters. The van der Waals surface area contributed by atoms with E-state index < -0.39 is 0 Å². The van der Waals surface area contributed by atoms with Crippen LogP contribution in [0, 0.1) is 5.82 Å². The third-order valence-electron chi connectivity index (χ3n) is 10.6. The minimum atomic E-state index is -0.262. The van der Waals surface area contributed by atoms with E-state index in [-0.39, 0.29) is 5.82 Å². The van der Waals surface area contributed by atoms with Gasteiger partial charge < -0.3 is 4.90 Å². The highest BCUT2D eigenvalue weighted by Crippen LogP contribution is 2.46. The monoisotopic (exact) mass is 692 g/mol. The zero-order chi connectivity index (χ0) is 36.0. The standard InChI is InChI=1S/C51H33FN2/c52-40-23-28-42(29-24-40)54(41-25-20-34(21-26-41)39-11-8-30-53-33-39)43-27-22-36-31-38(19-18-37(36)32-43)50-46-13-3-5-15-48(46)51(49-16-6-4-14-47(49)50)45-17-7-10-35-9-1-2-12-44(35)45/h1-33H. The van der Waals surface area contributed by atoms with Gasteiger partial charge in [-0.15, -0.1) is 0 Å². The van der Waals surface area contributed by atoms with Crippen molar-refractivity contribution >= 4 is 60.2 Å². The molecule has 0 fully saturated rings. The van der Waals surface area contributed by atoms with Crippen LogP contribution in [-0.4, -0.2) is 4.98 Å². The lowest BCUT2D eigenvalue weighted by molar-refractivity contribution is 0.628. The lowest BCUT2D eigenvalue weighted by Gasteiger charge is -2.26. The smallest absolute Gasteiger partial charge is 0.123 e. The van der Waals surface area contributed by atoms with Crippen molar-refractivity contribution in [1.82, 2.24) is 4.98 Å². The highest BCUT2D eigenvalue weighted by Gasteiger charge is 2.19. The fraction of sp³-hybridized carbons (Fsp3) is 0. The van der Waals surface area contributed by atoms with E-state index in [0.29, 0.717) is 0 Å². The van der Waals surface area contributed by atoms with Gasteiger partial charge in [0.15, 0.2) is 0 Å². The summed E-state index contributed by atoms with van der Waals surface area (Å²) in [6, 6.07) is 65.4. The van der Waals surface area contributed by atoms with Gasteiger partial charge in [-0.2, -0.15) is 0 Å². The Hall–Kier alpha value is -7.10. The van der Waals surface area contributed by atoms with Gasteiger partial charge >= 0.3 is 0 Å². The van der Waals surface area contributed by atoms with Gasteiger partial charge in [0.25, 0.3) is 0 Å². The quantitative estimate of drug-likeness (QED) is 0.161. The molecule has 0 bridgehead atoms. The van der Waals surface area contributed by atoms with Crippen LogP contribution in [0.25, 0.3) is 76.5 Å². The van der Waals surface area contributed by atoms with Crippen LogP contribution in [-0.2, 0) is 0 Å². The van der Waals surface area contributed by atoms with E-state index in [1.165, 1.54) is 66.7 Å². The molecule has 0 aliphatic rings. The largest absolute Gasteiger partial charge is 0.310 e. The normalized spacial score (nSPS) is 11.4. The number of anilines is 3. The molecule has 0 saturated carbocycles. The molecule has 3 heteroatoms. The van der Waals surface area contributed by atoms with Crippen molar-refractivity contribution in [3.63, 3.8) is 0 Å². The Kier molecular flexibility index (Phi) is 7.70. The summed E-state index contributed by atoms with van der Waals surface area (Å²) in [6.45, 7) is 0. The minimum absolute atomic E-state index is 0.262. The van der Waals surface area contributed by atoms with Crippen molar-refractivity contribution in [2.75, 3.05) is 4.90 Å². The van der Waals surface area contributed by atoms with Crippen LogP contribution in [0.5, 0.6) is 0 Å². The van der Waals surface area contributed by atoms with Crippen LogP contribution in [0.3, 0.4) is 0 Å². The summed E-state index contributed by atoms with van der Waals surface area (Å²) < 4.78 is 14.1. The Morgan fingerprint density at radius 1 is 0.370 bits per heavy atom. The average molecular weight is 693 g/mol. The fourth-order valence-electron chi connectivity index (χ4n) is 8.07. The number of benzene rings is 9. The summed E-state index contributed by atoms with van der Waals surface area (Å²) in [5, 5.41) is 9.69. The maximum Gasteiger partial charge on any atom is 0.123 e.